The van der Waals surface area contributed by atoms with E-state index in [1.165, 1.54) is 13.2 Å². The maximum Gasteiger partial charge on any atom is 0.292 e. The molecule has 0 saturated heterocycles. The van der Waals surface area contributed by atoms with Gasteiger partial charge in [-0.05, 0) is 25.1 Å². The highest BCUT2D eigenvalue weighted by molar-refractivity contribution is 5.64. The van der Waals surface area contributed by atoms with Crippen LogP contribution in [-0.4, -0.2) is 12.0 Å². The second-order valence-corrected chi connectivity index (χ2v) is 4.01. The molecule has 0 amide bonds. The number of methoxy groups -OCH3 is 1. The van der Waals surface area contributed by atoms with E-state index in [0.29, 0.717) is 18.0 Å². The van der Waals surface area contributed by atoms with E-state index >= 15 is 0 Å². The normalized spacial score (nSPS) is 10.2. The Balaban J connectivity index is 2.19. The Morgan fingerprint density at radius 1 is 1.37 bits per heavy atom. The van der Waals surface area contributed by atoms with Gasteiger partial charge in [0.05, 0.1) is 18.6 Å². The highest BCUT2D eigenvalue weighted by atomic mass is 16.6. The standard InChI is InChI=1S/C13H14N2O4/c1-9-3-4-11(19-9)8-14-12-7-10(18-2)5-6-13(12)15(16)17/h3-7,14H,8H2,1-2H3. The molecule has 0 aliphatic carbocycles. The van der Waals surface area contributed by atoms with E-state index in [9.17, 15) is 10.1 Å². The predicted octanol–water partition coefficient (Wildman–Crippen LogP) is 3.12. The Morgan fingerprint density at radius 2 is 2.16 bits per heavy atom. The molecule has 6 nitrogen and oxygen atoms in total. The number of nitrogens with zero attached hydrogens (tertiary/aromatic N) is 1. The summed E-state index contributed by atoms with van der Waals surface area (Å²) in [6, 6.07) is 8.23. The first-order valence-corrected chi connectivity index (χ1v) is 5.72. The molecular formula is C13H14N2O4. The fourth-order valence-electron chi connectivity index (χ4n) is 1.71. The molecule has 2 rings (SSSR count). The van der Waals surface area contributed by atoms with Gasteiger partial charge in [0, 0.05) is 12.1 Å². The number of hydrogen-bond acceptors (Lipinski definition) is 5. The number of benzene rings is 1. The van der Waals surface area contributed by atoms with Crippen molar-refractivity contribution in [2.75, 3.05) is 12.4 Å². The van der Waals surface area contributed by atoms with Gasteiger partial charge in [0.2, 0.25) is 0 Å². The van der Waals surface area contributed by atoms with Crippen LogP contribution < -0.4 is 10.1 Å². The van der Waals surface area contributed by atoms with Crippen molar-refractivity contribution < 1.29 is 14.1 Å². The second-order valence-electron chi connectivity index (χ2n) is 4.01. The van der Waals surface area contributed by atoms with Gasteiger partial charge < -0.3 is 14.5 Å². The van der Waals surface area contributed by atoms with Crippen molar-refractivity contribution in [1.29, 1.82) is 0 Å². The van der Waals surface area contributed by atoms with Gasteiger partial charge >= 0.3 is 0 Å². The molecule has 1 aromatic carbocycles. The number of nitrogens with one attached hydrogen (secondary N) is 1. The van der Waals surface area contributed by atoms with Crippen LogP contribution in [0.4, 0.5) is 11.4 Å². The number of nitro benzene ring substituents is 1. The molecule has 0 fully saturated rings. The summed E-state index contributed by atoms with van der Waals surface area (Å²) in [6.45, 7) is 2.22. The van der Waals surface area contributed by atoms with Gasteiger partial charge in [0.1, 0.15) is 23.0 Å². The second kappa shape index (κ2) is 5.43. The van der Waals surface area contributed by atoms with E-state index in [1.54, 1.807) is 12.1 Å². The summed E-state index contributed by atoms with van der Waals surface area (Å²) in [7, 11) is 1.51. The lowest BCUT2D eigenvalue weighted by Gasteiger charge is -2.07. The molecule has 19 heavy (non-hydrogen) atoms. The van der Waals surface area contributed by atoms with Gasteiger partial charge in [-0.25, -0.2) is 0 Å². The van der Waals surface area contributed by atoms with E-state index in [2.05, 4.69) is 5.32 Å². The molecule has 2 aromatic rings. The van der Waals surface area contributed by atoms with Gasteiger partial charge in [0.25, 0.3) is 5.69 Å². The molecule has 0 aliphatic rings. The lowest BCUT2D eigenvalue weighted by atomic mass is 10.2. The Labute approximate surface area is 110 Å². The lowest BCUT2D eigenvalue weighted by molar-refractivity contribution is -0.384. The Kier molecular flexibility index (Phi) is 3.70. The van der Waals surface area contributed by atoms with Crippen molar-refractivity contribution in [1.82, 2.24) is 0 Å². The molecule has 6 heteroatoms. The average Bonchev–Trinajstić information content (AvgIpc) is 2.81. The highest BCUT2D eigenvalue weighted by Gasteiger charge is 2.14. The summed E-state index contributed by atoms with van der Waals surface area (Å²) in [4.78, 5) is 10.5. The van der Waals surface area contributed by atoms with Crippen LogP contribution in [0.1, 0.15) is 11.5 Å². The summed E-state index contributed by atoms with van der Waals surface area (Å²) in [6.07, 6.45) is 0. The minimum atomic E-state index is -0.435. The van der Waals surface area contributed by atoms with E-state index in [4.69, 9.17) is 9.15 Å². The molecule has 0 aliphatic heterocycles. The maximum atomic E-state index is 10.9. The molecule has 1 heterocycles. The molecular weight excluding hydrogens is 248 g/mol. The number of nitro groups is 1. The van der Waals surface area contributed by atoms with E-state index in [0.717, 1.165) is 11.5 Å². The largest absolute Gasteiger partial charge is 0.497 e. The maximum absolute atomic E-state index is 10.9. The van der Waals surface area contributed by atoms with Crippen LogP contribution in [-0.2, 0) is 6.54 Å². The Bertz CT molecular complexity index is 592. The SMILES string of the molecule is COc1ccc([N+](=O)[O-])c(NCc2ccc(C)o2)c1. The molecule has 0 radical (unpaired) electrons. The molecule has 0 atom stereocenters. The minimum Gasteiger partial charge on any atom is -0.497 e. The summed E-state index contributed by atoms with van der Waals surface area (Å²) in [5.74, 6) is 2.08. The third-order valence-corrected chi connectivity index (χ3v) is 2.65. The van der Waals surface area contributed by atoms with Crippen molar-refractivity contribution in [3.05, 3.63) is 52.0 Å². The van der Waals surface area contributed by atoms with E-state index in [1.807, 2.05) is 19.1 Å². The number of anilines is 1. The molecule has 1 N–H and O–H groups in total. The third-order valence-electron chi connectivity index (χ3n) is 2.65. The molecule has 1 aromatic heterocycles. The van der Waals surface area contributed by atoms with Crippen LogP contribution >= 0.6 is 0 Å². The van der Waals surface area contributed by atoms with Crippen LogP contribution in [0.3, 0.4) is 0 Å². The topological polar surface area (TPSA) is 77.5 Å². The summed E-state index contributed by atoms with van der Waals surface area (Å²) in [5.41, 5.74) is 0.405. The van der Waals surface area contributed by atoms with Crippen molar-refractivity contribution >= 4 is 11.4 Å². The number of furan rings is 1. The molecule has 0 spiro atoms. The molecule has 0 bridgehead atoms. The average molecular weight is 262 g/mol. The number of hydrogen-bond donors (Lipinski definition) is 1. The van der Waals surface area contributed by atoms with Crippen LogP contribution in [0.2, 0.25) is 0 Å². The van der Waals surface area contributed by atoms with Crippen LogP contribution in [0, 0.1) is 17.0 Å². The fraction of sp³-hybridized carbons (Fsp3) is 0.231. The summed E-state index contributed by atoms with van der Waals surface area (Å²) >= 11 is 0. The minimum absolute atomic E-state index is 0.00378. The first-order valence-electron chi connectivity index (χ1n) is 5.72. The van der Waals surface area contributed by atoms with Gasteiger partial charge in [0.15, 0.2) is 0 Å². The lowest BCUT2D eigenvalue weighted by Crippen LogP contribution is -2.02. The third kappa shape index (κ3) is 3.04. The quantitative estimate of drug-likeness (QED) is 0.661. The zero-order chi connectivity index (χ0) is 13.8. The molecule has 0 unspecified atom stereocenters. The zero-order valence-corrected chi connectivity index (χ0v) is 10.7. The summed E-state index contributed by atoms with van der Waals surface area (Å²) < 4.78 is 10.5. The zero-order valence-electron chi connectivity index (χ0n) is 10.7. The van der Waals surface area contributed by atoms with Crippen molar-refractivity contribution in [3.63, 3.8) is 0 Å². The monoisotopic (exact) mass is 262 g/mol. The smallest absolute Gasteiger partial charge is 0.292 e. The first kappa shape index (κ1) is 12.9. The van der Waals surface area contributed by atoms with Crippen LogP contribution in [0.15, 0.2) is 34.7 Å². The van der Waals surface area contributed by atoms with E-state index < -0.39 is 4.92 Å². The highest BCUT2D eigenvalue weighted by Crippen LogP contribution is 2.29. The van der Waals surface area contributed by atoms with Gasteiger partial charge in [-0.15, -0.1) is 0 Å². The number of aryl methyl sites for hydroxylation is 1. The molecule has 100 valence electrons. The van der Waals surface area contributed by atoms with Crippen LogP contribution in [0.25, 0.3) is 0 Å². The predicted molar refractivity (Wildman–Crippen MR) is 70.4 cm³/mol. The van der Waals surface area contributed by atoms with Crippen LogP contribution in [0.5, 0.6) is 5.75 Å². The Hall–Kier alpha value is -2.50. The number of ether oxygens (including phenoxy) is 1. The van der Waals surface area contributed by atoms with Gasteiger partial charge in [-0.3, -0.25) is 10.1 Å². The number of rotatable bonds is 5. The van der Waals surface area contributed by atoms with Crippen molar-refractivity contribution in [3.8, 4) is 5.75 Å². The molecule has 0 saturated carbocycles. The Morgan fingerprint density at radius 3 is 2.74 bits per heavy atom. The van der Waals surface area contributed by atoms with E-state index in [-0.39, 0.29) is 5.69 Å². The fourth-order valence-corrected chi connectivity index (χ4v) is 1.71. The van der Waals surface area contributed by atoms with Crippen molar-refractivity contribution in [2.45, 2.75) is 13.5 Å². The van der Waals surface area contributed by atoms with Crippen molar-refractivity contribution in [2.24, 2.45) is 0 Å². The van der Waals surface area contributed by atoms with Gasteiger partial charge in [-0.1, -0.05) is 0 Å². The van der Waals surface area contributed by atoms with Gasteiger partial charge in [-0.2, -0.15) is 0 Å². The first-order chi connectivity index (χ1) is 9.10. The summed E-state index contributed by atoms with van der Waals surface area (Å²) in [5, 5.41) is 13.9.